The fourth-order valence-corrected chi connectivity index (χ4v) is 2.60. The molecule has 0 N–H and O–H groups in total. The topological polar surface area (TPSA) is 22.1 Å². The zero-order chi connectivity index (χ0) is 14.8. The largest absolute Gasteiger partial charge is 0.497 e. The van der Waals surface area contributed by atoms with Gasteiger partial charge in [-0.1, -0.05) is 44.2 Å². The van der Waals surface area contributed by atoms with E-state index >= 15 is 0 Å². The summed E-state index contributed by atoms with van der Waals surface area (Å²) in [5.41, 5.74) is 4.46. The van der Waals surface area contributed by atoms with Gasteiger partial charge in [0.1, 0.15) is 5.75 Å². The Hall–Kier alpha value is -2.35. The molecule has 0 atom stereocenters. The average Bonchev–Trinajstić information content (AvgIpc) is 2.53. The van der Waals surface area contributed by atoms with Crippen LogP contribution in [-0.2, 0) is 0 Å². The molecule has 0 saturated carbocycles. The highest BCUT2D eigenvalue weighted by Crippen LogP contribution is 2.31. The summed E-state index contributed by atoms with van der Waals surface area (Å²) >= 11 is 0. The second-order valence-electron chi connectivity index (χ2n) is 5.50. The van der Waals surface area contributed by atoms with Crippen LogP contribution in [0.25, 0.3) is 22.2 Å². The molecule has 21 heavy (non-hydrogen) atoms. The first-order valence-electron chi connectivity index (χ1n) is 7.23. The summed E-state index contributed by atoms with van der Waals surface area (Å²) in [6.07, 6.45) is 0. The first-order valence-corrected chi connectivity index (χ1v) is 7.23. The van der Waals surface area contributed by atoms with Crippen LogP contribution >= 0.6 is 0 Å². The molecule has 3 aromatic rings. The van der Waals surface area contributed by atoms with Gasteiger partial charge in [0, 0.05) is 17.0 Å². The lowest BCUT2D eigenvalue weighted by atomic mass is 9.96. The Morgan fingerprint density at radius 1 is 0.952 bits per heavy atom. The predicted molar refractivity (Wildman–Crippen MR) is 87.8 cm³/mol. The molecular weight excluding hydrogens is 258 g/mol. The highest BCUT2D eigenvalue weighted by Gasteiger charge is 2.11. The van der Waals surface area contributed by atoms with E-state index in [2.05, 4.69) is 38.1 Å². The molecule has 0 radical (unpaired) electrons. The van der Waals surface area contributed by atoms with Crippen LogP contribution in [0.5, 0.6) is 5.75 Å². The molecule has 1 aromatic heterocycles. The molecule has 0 saturated heterocycles. The van der Waals surface area contributed by atoms with Crippen molar-refractivity contribution >= 4 is 10.9 Å². The summed E-state index contributed by atoms with van der Waals surface area (Å²) in [4.78, 5) is 4.82. The molecule has 0 aliphatic heterocycles. The highest BCUT2D eigenvalue weighted by molar-refractivity contribution is 5.86. The fourth-order valence-electron chi connectivity index (χ4n) is 2.60. The molecule has 2 aromatic carbocycles. The van der Waals surface area contributed by atoms with Crippen molar-refractivity contribution in [3.63, 3.8) is 0 Å². The molecule has 0 amide bonds. The lowest BCUT2D eigenvalue weighted by molar-refractivity contribution is 0.415. The van der Waals surface area contributed by atoms with Crippen LogP contribution in [0.4, 0.5) is 0 Å². The molecule has 0 fully saturated rings. The number of benzene rings is 2. The Labute approximate surface area is 125 Å². The fraction of sp³-hybridized carbons (Fsp3) is 0.211. The van der Waals surface area contributed by atoms with Gasteiger partial charge in [-0.3, -0.25) is 0 Å². The zero-order valence-corrected chi connectivity index (χ0v) is 12.6. The Balaban J connectivity index is 2.27. The zero-order valence-electron chi connectivity index (χ0n) is 12.6. The Morgan fingerprint density at radius 2 is 1.71 bits per heavy atom. The summed E-state index contributed by atoms with van der Waals surface area (Å²) in [6.45, 7) is 4.43. The van der Waals surface area contributed by atoms with Crippen LogP contribution in [-0.4, -0.2) is 12.1 Å². The molecule has 0 unspecified atom stereocenters. The van der Waals surface area contributed by atoms with Gasteiger partial charge in [-0.2, -0.15) is 0 Å². The van der Waals surface area contributed by atoms with Gasteiger partial charge in [0.2, 0.25) is 0 Å². The maximum Gasteiger partial charge on any atom is 0.121 e. The maximum absolute atomic E-state index is 5.33. The lowest BCUT2D eigenvalue weighted by Crippen LogP contribution is -1.95. The minimum atomic E-state index is 0.450. The normalized spacial score (nSPS) is 11.0. The molecule has 2 nitrogen and oxygen atoms in total. The molecule has 0 aliphatic carbocycles. The van der Waals surface area contributed by atoms with Crippen molar-refractivity contribution in [3.05, 3.63) is 60.2 Å². The van der Waals surface area contributed by atoms with Crippen LogP contribution in [0.15, 0.2) is 54.6 Å². The second kappa shape index (κ2) is 5.57. The molecule has 0 spiro atoms. The molecule has 1 heterocycles. The number of hydrogen-bond acceptors (Lipinski definition) is 2. The predicted octanol–water partition coefficient (Wildman–Crippen LogP) is 5.03. The number of rotatable bonds is 3. The van der Waals surface area contributed by atoms with Gasteiger partial charge in [0.25, 0.3) is 0 Å². The van der Waals surface area contributed by atoms with Crippen molar-refractivity contribution in [2.75, 3.05) is 7.11 Å². The van der Waals surface area contributed by atoms with E-state index in [0.717, 1.165) is 22.5 Å². The summed E-state index contributed by atoms with van der Waals surface area (Å²) in [5.74, 6) is 1.29. The van der Waals surface area contributed by atoms with E-state index in [0.29, 0.717) is 5.92 Å². The second-order valence-corrected chi connectivity index (χ2v) is 5.50. The van der Waals surface area contributed by atoms with E-state index in [1.807, 2.05) is 30.3 Å². The van der Waals surface area contributed by atoms with Gasteiger partial charge in [-0.15, -0.1) is 0 Å². The number of pyridine rings is 1. The third-order valence-electron chi connectivity index (χ3n) is 3.74. The number of nitrogens with zero attached hydrogens (tertiary/aromatic N) is 1. The van der Waals surface area contributed by atoms with E-state index in [1.54, 1.807) is 7.11 Å². The first-order chi connectivity index (χ1) is 10.2. The minimum absolute atomic E-state index is 0.450. The summed E-state index contributed by atoms with van der Waals surface area (Å²) in [5, 5.41) is 1.20. The van der Waals surface area contributed by atoms with Crippen molar-refractivity contribution in [2.45, 2.75) is 19.8 Å². The first kappa shape index (κ1) is 13.6. The average molecular weight is 277 g/mol. The van der Waals surface area contributed by atoms with Gasteiger partial charge in [-0.05, 0) is 29.7 Å². The molecule has 106 valence electrons. The van der Waals surface area contributed by atoms with E-state index in [-0.39, 0.29) is 0 Å². The van der Waals surface area contributed by atoms with Crippen LogP contribution in [0.1, 0.15) is 25.3 Å². The summed E-state index contributed by atoms with van der Waals surface area (Å²) in [6, 6.07) is 18.6. The molecule has 2 heteroatoms. The highest BCUT2D eigenvalue weighted by atomic mass is 16.5. The van der Waals surface area contributed by atoms with E-state index in [4.69, 9.17) is 9.72 Å². The SMILES string of the molecule is COc1ccc2c(C(C)C)cc(-c3ccccc3)nc2c1. The Bertz CT molecular complexity index is 763. The van der Waals surface area contributed by atoms with E-state index < -0.39 is 0 Å². The summed E-state index contributed by atoms with van der Waals surface area (Å²) < 4.78 is 5.33. The standard InChI is InChI=1S/C19H19NO/c1-13(2)17-12-18(14-7-5-4-6-8-14)20-19-11-15(21-3)9-10-16(17)19/h4-13H,1-3H3. The van der Waals surface area contributed by atoms with E-state index in [1.165, 1.54) is 10.9 Å². The van der Waals surface area contributed by atoms with Crippen LogP contribution in [0.3, 0.4) is 0 Å². The Morgan fingerprint density at radius 3 is 2.38 bits per heavy atom. The Kier molecular flexibility index (Phi) is 3.61. The lowest BCUT2D eigenvalue weighted by Gasteiger charge is -2.13. The van der Waals surface area contributed by atoms with Crippen molar-refractivity contribution in [2.24, 2.45) is 0 Å². The number of fused-ring (bicyclic) bond motifs is 1. The quantitative estimate of drug-likeness (QED) is 0.669. The van der Waals surface area contributed by atoms with Gasteiger partial charge < -0.3 is 4.74 Å². The number of methoxy groups -OCH3 is 1. The summed E-state index contributed by atoms with van der Waals surface area (Å²) in [7, 11) is 1.69. The maximum atomic E-state index is 5.33. The van der Waals surface area contributed by atoms with E-state index in [9.17, 15) is 0 Å². The van der Waals surface area contributed by atoms with Crippen LogP contribution in [0, 0.1) is 0 Å². The molecule has 3 rings (SSSR count). The van der Waals surface area contributed by atoms with Crippen molar-refractivity contribution in [1.82, 2.24) is 4.98 Å². The van der Waals surface area contributed by atoms with Crippen LogP contribution in [0.2, 0.25) is 0 Å². The monoisotopic (exact) mass is 277 g/mol. The number of aromatic nitrogens is 1. The third-order valence-corrected chi connectivity index (χ3v) is 3.74. The van der Waals surface area contributed by atoms with Gasteiger partial charge in [0.15, 0.2) is 0 Å². The number of hydrogen-bond donors (Lipinski definition) is 0. The van der Waals surface area contributed by atoms with Crippen molar-refractivity contribution in [3.8, 4) is 17.0 Å². The molecule has 0 bridgehead atoms. The third kappa shape index (κ3) is 2.62. The van der Waals surface area contributed by atoms with Crippen molar-refractivity contribution < 1.29 is 4.74 Å². The smallest absolute Gasteiger partial charge is 0.121 e. The molecule has 0 aliphatic rings. The van der Waals surface area contributed by atoms with Gasteiger partial charge >= 0.3 is 0 Å². The minimum Gasteiger partial charge on any atom is -0.497 e. The molecular formula is C19H19NO. The van der Waals surface area contributed by atoms with Gasteiger partial charge in [-0.25, -0.2) is 4.98 Å². The van der Waals surface area contributed by atoms with Crippen molar-refractivity contribution in [1.29, 1.82) is 0 Å². The number of ether oxygens (including phenoxy) is 1. The van der Waals surface area contributed by atoms with Crippen LogP contribution < -0.4 is 4.74 Å². The van der Waals surface area contributed by atoms with Gasteiger partial charge in [0.05, 0.1) is 18.3 Å².